The first-order valence-electron chi connectivity index (χ1n) is 8.99. The summed E-state index contributed by atoms with van der Waals surface area (Å²) in [4.78, 5) is 9.93. The molecule has 1 N–H and O–H groups in total. The van der Waals surface area contributed by atoms with Crippen molar-refractivity contribution in [1.29, 1.82) is 0 Å². The fourth-order valence-electron chi connectivity index (χ4n) is 3.83. The van der Waals surface area contributed by atoms with Gasteiger partial charge in [-0.15, -0.1) is 11.6 Å². The number of hydrogen-bond acceptors (Lipinski definition) is 4. The Morgan fingerprint density at radius 3 is 2.40 bits per heavy atom. The van der Waals surface area contributed by atoms with Gasteiger partial charge >= 0.3 is 0 Å². The number of alkyl halides is 1. The molecule has 2 unspecified atom stereocenters. The van der Waals surface area contributed by atoms with E-state index in [1.165, 1.54) is 11.3 Å². The number of benzene rings is 2. The summed E-state index contributed by atoms with van der Waals surface area (Å²) >= 11 is 6.46. The second kappa shape index (κ2) is 6.04. The Morgan fingerprint density at radius 2 is 1.64 bits per heavy atom. The molecule has 2 aromatic carbocycles. The van der Waals surface area contributed by atoms with Gasteiger partial charge in [-0.25, -0.2) is 4.99 Å². The maximum atomic E-state index is 6.46. The quantitative estimate of drug-likeness (QED) is 0.797. The van der Waals surface area contributed by atoms with Gasteiger partial charge in [0.05, 0.1) is 28.5 Å². The van der Waals surface area contributed by atoms with Gasteiger partial charge in [0.2, 0.25) is 0 Å². The van der Waals surface area contributed by atoms with Gasteiger partial charge in [0.1, 0.15) is 5.84 Å². The number of anilines is 2. The van der Waals surface area contributed by atoms with Gasteiger partial charge in [0.25, 0.3) is 0 Å². The van der Waals surface area contributed by atoms with Crippen LogP contribution in [0.4, 0.5) is 17.1 Å². The highest BCUT2D eigenvalue weighted by atomic mass is 35.5. The van der Waals surface area contributed by atoms with E-state index in [4.69, 9.17) is 16.6 Å². The minimum absolute atomic E-state index is 0.210. The molecule has 0 spiro atoms. The van der Waals surface area contributed by atoms with Crippen LogP contribution in [-0.4, -0.2) is 48.3 Å². The first-order valence-corrected chi connectivity index (χ1v) is 9.42. The first kappa shape index (κ1) is 15.2. The lowest BCUT2D eigenvalue weighted by Gasteiger charge is -2.31. The molecule has 2 fully saturated rings. The zero-order valence-electron chi connectivity index (χ0n) is 14.0. The van der Waals surface area contributed by atoms with Crippen molar-refractivity contribution in [2.45, 2.75) is 17.8 Å². The molecule has 2 heterocycles. The Kier molecular flexibility index (Phi) is 3.68. The van der Waals surface area contributed by atoms with Crippen LogP contribution in [0.1, 0.15) is 12.0 Å². The topological polar surface area (TPSA) is 30.9 Å². The molecule has 1 aliphatic carbocycles. The lowest BCUT2D eigenvalue weighted by Crippen LogP contribution is -2.46. The molecule has 128 valence electrons. The van der Waals surface area contributed by atoms with Crippen LogP contribution in [0.2, 0.25) is 0 Å². The van der Waals surface area contributed by atoms with E-state index < -0.39 is 0 Å². The number of piperazine rings is 1. The van der Waals surface area contributed by atoms with Crippen molar-refractivity contribution in [2.75, 3.05) is 31.1 Å². The van der Waals surface area contributed by atoms with Crippen LogP contribution in [0.5, 0.6) is 0 Å². The van der Waals surface area contributed by atoms with Gasteiger partial charge in [0.15, 0.2) is 0 Å². The number of amidine groups is 1. The van der Waals surface area contributed by atoms with E-state index in [0.717, 1.165) is 49.8 Å². The smallest absolute Gasteiger partial charge is 0.138 e. The number of nitrogens with zero attached hydrogens (tertiary/aromatic N) is 3. The number of hydrogen-bond donors (Lipinski definition) is 1. The summed E-state index contributed by atoms with van der Waals surface area (Å²) in [7, 11) is 0. The van der Waals surface area contributed by atoms with E-state index in [0.29, 0.717) is 6.04 Å². The Balaban J connectivity index is 1.71. The van der Waals surface area contributed by atoms with Gasteiger partial charge in [-0.3, -0.25) is 0 Å². The summed E-state index contributed by atoms with van der Waals surface area (Å²) < 4.78 is 0. The lowest BCUT2D eigenvalue weighted by molar-refractivity contribution is 0.358. The molecule has 0 radical (unpaired) electrons. The van der Waals surface area contributed by atoms with E-state index in [-0.39, 0.29) is 5.38 Å². The van der Waals surface area contributed by atoms with Gasteiger partial charge in [-0.05, 0) is 30.7 Å². The Bertz CT molecular complexity index is 828. The molecule has 0 aromatic heterocycles. The van der Waals surface area contributed by atoms with Gasteiger partial charge < -0.3 is 15.1 Å². The molecule has 1 saturated carbocycles. The third-order valence-corrected chi connectivity index (χ3v) is 5.67. The van der Waals surface area contributed by atoms with E-state index in [1.54, 1.807) is 0 Å². The Labute approximate surface area is 153 Å². The van der Waals surface area contributed by atoms with Gasteiger partial charge in [0, 0.05) is 31.7 Å². The fourth-order valence-corrected chi connectivity index (χ4v) is 4.13. The summed E-state index contributed by atoms with van der Waals surface area (Å²) in [6.45, 7) is 3.96. The number of aliphatic imine (C=N–C) groups is 1. The van der Waals surface area contributed by atoms with Crippen LogP contribution in [-0.2, 0) is 0 Å². The summed E-state index contributed by atoms with van der Waals surface area (Å²) in [6.07, 6.45) is 1.02. The summed E-state index contributed by atoms with van der Waals surface area (Å²) in [5.74, 6) is 1.08. The standard InChI is InChI=1S/C20H21ClN4/c21-15-13-19(15)25-17-7-3-1-5-14(17)20(24-11-9-22-10-12-24)23-16-6-2-4-8-18(16)25/h1-8,15,19,22H,9-13H2. The summed E-state index contributed by atoms with van der Waals surface area (Å²) in [5.41, 5.74) is 4.62. The predicted molar refractivity (Wildman–Crippen MR) is 104 cm³/mol. The molecule has 2 atom stereocenters. The van der Waals surface area contributed by atoms with Crippen molar-refractivity contribution in [1.82, 2.24) is 10.2 Å². The van der Waals surface area contributed by atoms with Crippen molar-refractivity contribution in [3.05, 3.63) is 54.1 Å². The maximum Gasteiger partial charge on any atom is 0.138 e. The molecule has 3 aliphatic rings. The van der Waals surface area contributed by atoms with Crippen LogP contribution < -0.4 is 10.2 Å². The number of fused-ring (bicyclic) bond motifs is 2. The molecule has 25 heavy (non-hydrogen) atoms. The van der Waals surface area contributed by atoms with Gasteiger partial charge in [-0.2, -0.15) is 0 Å². The highest BCUT2D eigenvalue weighted by Gasteiger charge is 2.43. The van der Waals surface area contributed by atoms with Crippen molar-refractivity contribution in [2.24, 2.45) is 4.99 Å². The lowest BCUT2D eigenvalue weighted by atomic mass is 10.1. The third-order valence-electron chi connectivity index (χ3n) is 5.20. The highest BCUT2D eigenvalue weighted by Crippen LogP contribution is 2.47. The molecule has 5 heteroatoms. The molecular formula is C20H21ClN4. The van der Waals surface area contributed by atoms with E-state index in [2.05, 4.69) is 63.6 Å². The predicted octanol–water partition coefficient (Wildman–Crippen LogP) is 3.50. The largest absolute Gasteiger partial charge is 0.353 e. The van der Waals surface area contributed by atoms with Crippen LogP contribution in [0.15, 0.2) is 53.5 Å². The molecule has 1 saturated heterocycles. The molecule has 2 aliphatic heterocycles. The maximum absolute atomic E-state index is 6.46. The number of nitrogens with one attached hydrogen (secondary N) is 1. The average molecular weight is 353 g/mol. The third kappa shape index (κ3) is 2.60. The first-order chi connectivity index (χ1) is 12.3. The Morgan fingerprint density at radius 1 is 0.960 bits per heavy atom. The summed E-state index contributed by atoms with van der Waals surface area (Å²) in [6, 6.07) is 17.4. The molecule has 5 rings (SSSR count). The average Bonchev–Trinajstić information content (AvgIpc) is 3.40. The number of para-hydroxylation sites is 3. The van der Waals surface area contributed by atoms with Crippen LogP contribution in [0.3, 0.4) is 0 Å². The summed E-state index contributed by atoms with van der Waals surface area (Å²) in [5, 5.41) is 3.64. The van der Waals surface area contributed by atoms with Crippen LogP contribution >= 0.6 is 11.6 Å². The molecule has 0 amide bonds. The zero-order chi connectivity index (χ0) is 16.8. The zero-order valence-corrected chi connectivity index (χ0v) is 14.8. The number of halogens is 1. The minimum Gasteiger partial charge on any atom is -0.353 e. The SMILES string of the molecule is ClC1CC1N1c2ccccc2N=C(N2CCNCC2)c2ccccc21. The van der Waals surface area contributed by atoms with Crippen molar-refractivity contribution < 1.29 is 0 Å². The second-order valence-electron chi connectivity index (χ2n) is 6.87. The highest BCUT2D eigenvalue weighted by molar-refractivity contribution is 6.23. The number of rotatable bonds is 1. The monoisotopic (exact) mass is 352 g/mol. The minimum atomic E-state index is 0.210. The molecule has 0 bridgehead atoms. The fraction of sp³-hybridized carbons (Fsp3) is 0.350. The Hall–Kier alpha value is -2.04. The van der Waals surface area contributed by atoms with Crippen LogP contribution in [0, 0.1) is 0 Å². The van der Waals surface area contributed by atoms with Crippen LogP contribution in [0.25, 0.3) is 0 Å². The van der Waals surface area contributed by atoms with Gasteiger partial charge in [-0.1, -0.05) is 24.3 Å². The van der Waals surface area contributed by atoms with Crippen molar-refractivity contribution >= 4 is 34.5 Å². The second-order valence-corrected chi connectivity index (χ2v) is 7.43. The molecule has 2 aromatic rings. The van der Waals surface area contributed by atoms with E-state index >= 15 is 0 Å². The van der Waals surface area contributed by atoms with Crippen molar-refractivity contribution in [3.8, 4) is 0 Å². The normalized spacial score (nSPS) is 24.9. The molecular weight excluding hydrogens is 332 g/mol. The molecule has 4 nitrogen and oxygen atoms in total. The van der Waals surface area contributed by atoms with E-state index in [1.807, 2.05) is 0 Å². The van der Waals surface area contributed by atoms with E-state index in [9.17, 15) is 0 Å². The van der Waals surface area contributed by atoms with Crippen molar-refractivity contribution in [3.63, 3.8) is 0 Å².